The van der Waals surface area contributed by atoms with Gasteiger partial charge in [0.15, 0.2) is 4.77 Å². The Morgan fingerprint density at radius 1 is 1.44 bits per heavy atom. The molecule has 1 aromatic heterocycles. The molecule has 0 aliphatic rings. The quantitative estimate of drug-likeness (QED) is 0.779. The summed E-state index contributed by atoms with van der Waals surface area (Å²) in [5.74, 6) is -1.60. The number of benzene rings is 1. The Balaban J connectivity index is 3.05. The van der Waals surface area contributed by atoms with Crippen LogP contribution in [0.1, 0.15) is 6.92 Å². The minimum atomic E-state index is -0.818. The number of aromatic amines is 1. The lowest BCUT2D eigenvalue weighted by Crippen LogP contribution is -2.21. The number of H-pyrrole nitrogens is 1. The summed E-state index contributed by atoms with van der Waals surface area (Å²) < 4.78 is 27.7. The lowest BCUT2D eigenvalue weighted by molar-refractivity contribution is 0.588. The van der Waals surface area contributed by atoms with Crippen molar-refractivity contribution in [3.8, 4) is 0 Å². The average Bonchev–Trinajstić information content (AvgIpc) is 2.21. The third-order valence-corrected chi connectivity index (χ3v) is 2.65. The molecule has 0 atom stereocenters. The first kappa shape index (κ1) is 10.9. The molecule has 0 aliphatic carbocycles. The molecule has 1 heterocycles. The predicted molar refractivity (Wildman–Crippen MR) is 59.0 cm³/mol. The van der Waals surface area contributed by atoms with Gasteiger partial charge in [-0.3, -0.25) is 9.36 Å². The van der Waals surface area contributed by atoms with Crippen LogP contribution in [0, 0.1) is 16.4 Å². The Kier molecular flexibility index (Phi) is 2.59. The van der Waals surface area contributed by atoms with Crippen LogP contribution in [0.5, 0.6) is 0 Å². The molecule has 16 heavy (non-hydrogen) atoms. The Bertz CT molecular complexity index is 675. The van der Waals surface area contributed by atoms with E-state index in [-0.39, 0.29) is 15.7 Å². The molecule has 2 rings (SSSR count). The van der Waals surface area contributed by atoms with Crippen LogP contribution in [0.2, 0.25) is 0 Å². The minimum Gasteiger partial charge on any atom is -0.329 e. The average molecular weight is 242 g/mol. The van der Waals surface area contributed by atoms with Crippen molar-refractivity contribution in [2.45, 2.75) is 13.5 Å². The lowest BCUT2D eigenvalue weighted by Gasteiger charge is -2.05. The Morgan fingerprint density at radius 3 is 2.75 bits per heavy atom. The van der Waals surface area contributed by atoms with Crippen LogP contribution in [0.15, 0.2) is 16.9 Å². The van der Waals surface area contributed by atoms with Gasteiger partial charge in [0.25, 0.3) is 5.56 Å². The number of halogens is 2. The van der Waals surface area contributed by atoms with E-state index in [0.29, 0.717) is 12.6 Å². The molecule has 0 radical (unpaired) electrons. The van der Waals surface area contributed by atoms with Crippen LogP contribution in [0.3, 0.4) is 0 Å². The highest BCUT2D eigenvalue weighted by Crippen LogP contribution is 2.14. The smallest absolute Gasteiger partial charge is 0.262 e. The normalized spacial score (nSPS) is 10.9. The van der Waals surface area contributed by atoms with Crippen LogP contribution in [-0.4, -0.2) is 9.55 Å². The van der Waals surface area contributed by atoms with Gasteiger partial charge in [0, 0.05) is 12.6 Å². The zero-order valence-electron chi connectivity index (χ0n) is 8.38. The van der Waals surface area contributed by atoms with Gasteiger partial charge in [-0.1, -0.05) is 0 Å². The van der Waals surface area contributed by atoms with E-state index in [1.807, 2.05) is 0 Å². The first-order valence-corrected chi connectivity index (χ1v) is 5.07. The fraction of sp³-hybridized carbons (Fsp3) is 0.200. The lowest BCUT2D eigenvalue weighted by atomic mass is 10.2. The maximum atomic E-state index is 13.4. The van der Waals surface area contributed by atoms with E-state index in [2.05, 4.69) is 4.98 Å². The maximum absolute atomic E-state index is 13.4. The maximum Gasteiger partial charge on any atom is 0.262 e. The minimum absolute atomic E-state index is 0.0343. The molecule has 0 bridgehead atoms. The van der Waals surface area contributed by atoms with E-state index < -0.39 is 17.2 Å². The summed E-state index contributed by atoms with van der Waals surface area (Å²) in [5.41, 5.74) is -0.541. The Labute approximate surface area is 94.3 Å². The topological polar surface area (TPSA) is 37.8 Å². The van der Waals surface area contributed by atoms with E-state index in [9.17, 15) is 13.6 Å². The number of fused-ring (bicyclic) bond motifs is 1. The van der Waals surface area contributed by atoms with Gasteiger partial charge in [-0.2, -0.15) is 0 Å². The Morgan fingerprint density at radius 2 is 2.12 bits per heavy atom. The van der Waals surface area contributed by atoms with Crippen molar-refractivity contribution in [1.82, 2.24) is 9.55 Å². The molecule has 0 spiro atoms. The predicted octanol–water partition coefficient (Wildman–Crippen LogP) is 2.36. The molecule has 1 N–H and O–H groups in total. The van der Waals surface area contributed by atoms with Crippen LogP contribution in [0.4, 0.5) is 8.78 Å². The van der Waals surface area contributed by atoms with Crippen LogP contribution >= 0.6 is 12.2 Å². The van der Waals surface area contributed by atoms with Gasteiger partial charge in [0.1, 0.15) is 11.6 Å². The third-order valence-electron chi connectivity index (χ3n) is 2.32. The van der Waals surface area contributed by atoms with E-state index in [1.165, 1.54) is 4.57 Å². The highest BCUT2D eigenvalue weighted by Gasteiger charge is 2.10. The fourth-order valence-corrected chi connectivity index (χ4v) is 1.88. The van der Waals surface area contributed by atoms with Crippen LogP contribution < -0.4 is 5.56 Å². The summed E-state index contributed by atoms with van der Waals surface area (Å²) in [6.45, 7) is 2.08. The first-order chi connectivity index (χ1) is 7.54. The molecular weight excluding hydrogens is 234 g/mol. The molecule has 1 aromatic carbocycles. The zero-order chi connectivity index (χ0) is 11.9. The highest BCUT2D eigenvalue weighted by molar-refractivity contribution is 7.71. The summed E-state index contributed by atoms with van der Waals surface area (Å²) in [6.07, 6.45) is 0. The van der Waals surface area contributed by atoms with Crippen LogP contribution in [0.25, 0.3) is 10.9 Å². The van der Waals surface area contributed by atoms with Crippen molar-refractivity contribution in [2.24, 2.45) is 0 Å². The molecule has 0 saturated carbocycles. The second kappa shape index (κ2) is 3.79. The molecule has 3 nitrogen and oxygen atoms in total. The highest BCUT2D eigenvalue weighted by atomic mass is 32.1. The SMILES string of the molecule is CCn1c(=S)[nH]c2c(F)cc(F)cc2c1=O. The molecule has 0 saturated heterocycles. The molecule has 6 heteroatoms. The van der Waals surface area contributed by atoms with Gasteiger partial charge in [-0.05, 0) is 25.2 Å². The standard InChI is InChI=1S/C10H8F2N2OS/c1-2-14-9(15)6-3-5(11)4-7(12)8(6)13-10(14)16/h3-4H,2H2,1H3,(H,13,16). The number of aromatic nitrogens is 2. The molecule has 0 unspecified atom stereocenters. The largest absolute Gasteiger partial charge is 0.329 e. The molecule has 0 aliphatic heterocycles. The van der Waals surface area contributed by atoms with Gasteiger partial charge in [0.05, 0.1) is 10.9 Å². The van der Waals surface area contributed by atoms with Crippen LogP contribution in [-0.2, 0) is 6.54 Å². The molecule has 84 valence electrons. The molecular formula is C10H8F2N2OS. The van der Waals surface area contributed by atoms with Gasteiger partial charge in [0.2, 0.25) is 0 Å². The monoisotopic (exact) mass is 242 g/mol. The summed E-state index contributed by atoms with van der Waals surface area (Å²) in [6, 6.07) is 1.71. The first-order valence-electron chi connectivity index (χ1n) is 4.66. The second-order valence-electron chi connectivity index (χ2n) is 3.29. The van der Waals surface area contributed by atoms with E-state index >= 15 is 0 Å². The molecule has 0 amide bonds. The van der Waals surface area contributed by atoms with E-state index in [1.54, 1.807) is 6.92 Å². The van der Waals surface area contributed by atoms with Crippen molar-refractivity contribution in [1.29, 1.82) is 0 Å². The fourth-order valence-electron chi connectivity index (χ4n) is 1.57. The second-order valence-corrected chi connectivity index (χ2v) is 3.68. The summed E-state index contributed by atoms with van der Waals surface area (Å²) in [7, 11) is 0. The Hall–Kier alpha value is -1.56. The van der Waals surface area contributed by atoms with E-state index in [0.717, 1.165) is 6.07 Å². The van der Waals surface area contributed by atoms with Crippen molar-refractivity contribution in [3.63, 3.8) is 0 Å². The summed E-state index contributed by atoms with van der Waals surface area (Å²) in [4.78, 5) is 14.4. The number of hydrogen-bond acceptors (Lipinski definition) is 2. The van der Waals surface area contributed by atoms with Gasteiger partial charge in [-0.15, -0.1) is 0 Å². The zero-order valence-corrected chi connectivity index (χ0v) is 9.20. The van der Waals surface area contributed by atoms with Crippen molar-refractivity contribution >= 4 is 23.1 Å². The summed E-state index contributed by atoms with van der Waals surface area (Å²) >= 11 is 4.91. The summed E-state index contributed by atoms with van der Waals surface area (Å²) in [5, 5.41) is -0.0343. The van der Waals surface area contributed by atoms with Gasteiger partial charge >= 0.3 is 0 Å². The van der Waals surface area contributed by atoms with E-state index in [4.69, 9.17) is 12.2 Å². The van der Waals surface area contributed by atoms with Gasteiger partial charge in [-0.25, -0.2) is 8.78 Å². The number of rotatable bonds is 1. The van der Waals surface area contributed by atoms with Crippen molar-refractivity contribution in [2.75, 3.05) is 0 Å². The number of hydrogen-bond donors (Lipinski definition) is 1. The molecule has 2 aromatic rings. The third kappa shape index (κ3) is 1.55. The molecule has 0 fully saturated rings. The van der Waals surface area contributed by atoms with Crippen molar-refractivity contribution in [3.05, 3.63) is 38.9 Å². The van der Waals surface area contributed by atoms with Crippen molar-refractivity contribution < 1.29 is 8.78 Å². The number of nitrogens with one attached hydrogen (secondary N) is 1. The van der Waals surface area contributed by atoms with Gasteiger partial charge < -0.3 is 4.98 Å². The number of nitrogens with zero attached hydrogens (tertiary/aromatic N) is 1.